The van der Waals surface area contributed by atoms with Gasteiger partial charge >= 0.3 is 0 Å². The van der Waals surface area contributed by atoms with Crippen LogP contribution in [0, 0.1) is 13.8 Å². The van der Waals surface area contributed by atoms with Crippen LogP contribution >= 0.6 is 11.6 Å². The molecule has 1 aliphatic rings. The van der Waals surface area contributed by atoms with Crippen molar-refractivity contribution >= 4 is 45.7 Å². The van der Waals surface area contributed by atoms with Crippen molar-refractivity contribution in [1.82, 2.24) is 4.98 Å². The maximum Gasteiger partial charge on any atom is 0.262 e. The number of nitrogens with one attached hydrogen (secondary N) is 2. The Morgan fingerprint density at radius 1 is 1.22 bits per heavy atom. The normalized spacial score (nSPS) is 12.9. The first-order chi connectivity index (χ1) is 12.9. The van der Waals surface area contributed by atoms with E-state index in [9.17, 15) is 9.59 Å². The van der Waals surface area contributed by atoms with Crippen LogP contribution in [0.5, 0.6) is 5.75 Å². The van der Waals surface area contributed by atoms with Gasteiger partial charge in [0.1, 0.15) is 5.75 Å². The van der Waals surface area contributed by atoms with Crippen molar-refractivity contribution in [3.8, 4) is 5.75 Å². The highest BCUT2D eigenvalue weighted by molar-refractivity contribution is 6.34. The fourth-order valence-corrected chi connectivity index (χ4v) is 3.22. The lowest BCUT2D eigenvalue weighted by Crippen LogP contribution is -2.25. The summed E-state index contributed by atoms with van der Waals surface area (Å²) >= 11 is 6.26. The van der Waals surface area contributed by atoms with E-state index in [1.165, 1.54) is 0 Å². The Morgan fingerprint density at radius 3 is 2.85 bits per heavy atom. The van der Waals surface area contributed by atoms with Crippen molar-refractivity contribution in [1.29, 1.82) is 0 Å². The molecule has 0 atom stereocenters. The molecule has 2 amide bonds. The van der Waals surface area contributed by atoms with Gasteiger partial charge in [-0.25, -0.2) is 0 Å². The van der Waals surface area contributed by atoms with Gasteiger partial charge in [-0.15, -0.1) is 0 Å². The second-order valence-electron chi connectivity index (χ2n) is 6.44. The zero-order chi connectivity index (χ0) is 19.1. The van der Waals surface area contributed by atoms with Crippen molar-refractivity contribution < 1.29 is 14.3 Å². The van der Waals surface area contributed by atoms with Gasteiger partial charge in [-0.3, -0.25) is 14.6 Å². The number of hydrogen-bond donors (Lipinski definition) is 2. The van der Waals surface area contributed by atoms with Crippen LogP contribution in [-0.4, -0.2) is 23.4 Å². The first kappa shape index (κ1) is 17.3. The summed E-state index contributed by atoms with van der Waals surface area (Å²) in [4.78, 5) is 28.7. The van der Waals surface area contributed by atoms with Crippen LogP contribution in [0.1, 0.15) is 21.6 Å². The first-order valence-electron chi connectivity index (χ1n) is 8.36. The zero-order valence-corrected chi connectivity index (χ0v) is 15.5. The number of pyridine rings is 1. The predicted molar refractivity (Wildman–Crippen MR) is 105 cm³/mol. The molecular formula is C20H16ClN3O3. The number of carbonyl (C=O) groups excluding carboxylic acids is 2. The van der Waals surface area contributed by atoms with E-state index in [1.54, 1.807) is 19.1 Å². The fraction of sp³-hybridized carbons (Fsp3) is 0.150. The Labute approximate surface area is 160 Å². The summed E-state index contributed by atoms with van der Waals surface area (Å²) in [6.45, 7) is 3.71. The molecule has 2 heterocycles. The molecule has 0 saturated heterocycles. The minimum absolute atomic E-state index is 0.0743. The molecule has 1 aliphatic heterocycles. The van der Waals surface area contributed by atoms with Gasteiger partial charge in [0.2, 0.25) is 0 Å². The third-order valence-corrected chi connectivity index (χ3v) is 4.67. The monoisotopic (exact) mass is 381 g/mol. The Balaban J connectivity index is 1.67. The Bertz CT molecular complexity index is 1110. The summed E-state index contributed by atoms with van der Waals surface area (Å²) in [5.41, 5.74) is 3.91. The number of anilines is 2. The Morgan fingerprint density at radius 2 is 2.04 bits per heavy atom. The van der Waals surface area contributed by atoms with Gasteiger partial charge in [-0.1, -0.05) is 23.2 Å². The van der Waals surface area contributed by atoms with E-state index in [0.717, 1.165) is 16.5 Å². The van der Waals surface area contributed by atoms with Crippen LogP contribution in [0.3, 0.4) is 0 Å². The number of amides is 2. The van der Waals surface area contributed by atoms with E-state index in [-0.39, 0.29) is 18.4 Å². The molecule has 0 saturated carbocycles. The molecule has 136 valence electrons. The Kier molecular flexibility index (Phi) is 4.20. The summed E-state index contributed by atoms with van der Waals surface area (Å²) in [5.74, 6) is -0.105. The van der Waals surface area contributed by atoms with E-state index >= 15 is 0 Å². The number of benzene rings is 2. The van der Waals surface area contributed by atoms with E-state index in [1.807, 2.05) is 31.2 Å². The maximum atomic E-state index is 12.8. The minimum Gasteiger partial charge on any atom is -0.482 e. The largest absolute Gasteiger partial charge is 0.482 e. The van der Waals surface area contributed by atoms with Crippen LogP contribution in [0.2, 0.25) is 5.02 Å². The summed E-state index contributed by atoms with van der Waals surface area (Å²) in [6.07, 6.45) is 0. The van der Waals surface area contributed by atoms with Gasteiger partial charge in [0.15, 0.2) is 6.61 Å². The van der Waals surface area contributed by atoms with Crippen molar-refractivity contribution in [2.75, 3.05) is 17.2 Å². The number of aryl methyl sites for hydroxylation is 2. The quantitative estimate of drug-likeness (QED) is 0.700. The highest BCUT2D eigenvalue weighted by Crippen LogP contribution is 2.36. The molecule has 0 radical (unpaired) electrons. The lowest BCUT2D eigenvalue weighted by atomic mass is 10.1. The van der Waals surface area contributed by atoms with Crippen LogP contribution in [0.4, 0.5) is 11.4 Å². The number of nitrogens with zero attached hydrogens (tertiary/aromatic N) is 1. The molecular weight excluding hydrogens is 366 g/mol. The number of hydrogen-bond acceptors (Lipinski definition) is 4. The topological polar surface area (TPSA) is 80.3 Å². The Hall–Kier alpha value is -3.12. The summed E-state index contributed by atoms with van der Waals surface area (Å²) in [7, 11) is 0. The van der Waals surface area contributed by atoms with Gasteiger partial charge in [-0.2, -0.15) is 0 Å². The van der Waals surface area contributed by atoms with Gasteiger partial charge in [-0.05, 0) is 38.1 Å². The number of fused-ring (bicyclic) bond motifs is 2. The van der Waals surface area contributed by atoms with Crippen LogP contribution < -0.4 is 15.4 Å². The molecule has 27 heavy (non-hydrogen) atoms. The van der Waals surface area contributed by atoms with Gasteiger partial charge < -0.3 is 15.4 Å². The molecule has 0 bridgehead atoms. The van der Waals surface area contributed by atoms with Crippen molar-refractivity contribution in [2.24, 2.45) is 0 Å². The molecule has 0 fully saturated rings. The van der Waals surface area contributed by atoms with Crippen molar-refractivity contribution in [3.63, 3.8) is 0 Å². The number of aromatic nitrogens is 1. The van der Waals surface area contributed by atoms with Crippen LogP contribution in [-0.2, 0) is 4.79 Å². The van der Waals surface area contributed by atoms with E-state index < -0.39 is 0 Å². The van der Waals surface area contributed by atoms with Crippen LogP contribution in [0.15, 0.2) is 36.4 Å². The second kappa shape index (κ2) is 6.55. The SMILES string of the molecule is Cc1ccc2nc(C)c(C(=O)Nc3cc4c(cc3Cl)NC(=O)CO4)cc2c1. The average molecular weight is 382 g/mol. The average Bonchev–Trinajstić information content (AvgIpc) is 2.62. The molecule has 2 N–H and O–H groups in total. The molecule has 4 rings (SSSR count). The second-order valence-corrected chi connectivity index (χ2v) is 6.84. The number of rotatable bonds is 2. The molecule has 0 aliphatic carbocycles. The summed E-state index contributed by atoms with van der Waals surface area (Å²) < 4.78 is 5.38. The zero-order valence-electron chi connectivity index (χ0n) is 14.7. The molecule has 1 aromatic heterocycles. The molecule has 6 nitrogen and oxygen atoms in total. The number of halogens is 1. The molecule has 2 aromatic carbocycles. The van der Waals surface area contributed by atoms with Crippen molar-refractivity contribution in [2.45, 2.75) is 13.8 Å². The standard InChI is InChI=1S/C20H16ClN3O3/c1-10-3-4-15-12(5-10)6-13(11(2)22-15)20(26)24-16-8-18-17(7-14(16)21)23-19(25)9-27-18/h3-8H,9H2,1-2H3,(H,23,25)(H,24,26). The summed E-state index contributed by atoms with van der Waals surface area (Å²) in [6, 6.07) is 10.9. The van der Waals surface area contributed by atoms with E-state index in [2.05, 4.69) is 15.6 Å². The third kappa shape index (κ3) is 3.31. The molecule has 7 heteroatoms. The van der Waals surface area contributed by atoms with Crippen LogP contribution in [0.25, 0.3) is 10.9 Å². The van der Waals surface area contributed by atoms with E-state index in [4.69, 9.17) is 16.3 Å². The van der Waals surface area contributed by atoms with Gasteiger partial charge in [0.05, 0.1) is 33.2 Å². The van der Waals surface area contributed by atoms with E-state index in [0.29, 0.717) is 33.4 Å². The smallest absolute Gasteiger partial charge is 0.262 e. The number of ether oxygens (including phenoxy) is 1. The summed E-state index contributed by atoms with van der Waals surface area (Å²) in [5, 5.41) is 6.68. The fourth-order valence-electron chi connectivity index (χ4n) is 3.01. The highest BCUT2D eigenvalue weighted by atomic mass is 35.5. The maximum absolute atomic E-state index is 12.8. The van der Waals surface area contributed by atoms with Gasteiger partial charge in [0.25, 0.3) is 11.8 Å². The first-order valence-corrected chi connectivity index (χ1v) is 8.74. The predicted octanol–water partition coefficient (Wildman–Crippen LogP) is 4.09. The highest BCUT2D eigenvalue weighted by Gasteiger charge is 2.20. The minimum atomic E-state index is -0.315. The molecule has 3 aromatic rings. The number of carbonyl (C=O) groups is 2. The molecule has 0 unspecified atom stereocenters. The lowest BCUT2D eigenvalue weighted by Gasteiger charge is -2.19. The van der Waals surface area contributed by atoms with Gasteiger partial charge in [0, 0.05) is 11.5 Å². The lowest BCUT2D eigenvalue weighted by molar-refractivity contribution is -0.118. The third-order valence-electron chi connectivity index (χ3n) is 4.36. The van der Waals surface area contributed by atoms with Crippen molar-refractivity contribution in [3.05, 3.63) is 58.2 Å². The molecule has 0 spiro atoms.